The quantitative estimate of drug-likeness (QED) is 0.909. The van der Waals surface area contributed by atoms with Gasteiger partial charge in [0.05, 0.1) is 5.02 Å². The number of carbonyl (C=O) groups is 1. The zero-order valence-corrected chi connectivity index (χ0v) is 11.5. The number of hydrogen-bond donors (Lipinski definition) is 2. The lowest BCUT2D eigenvalue weighted by Gasteiger charge is -2.10. The Morgan fingerprint density at radius 2 is 2.00 bits per heavy atom. The minimum Gasteiger partial charge on any atom is -0.330 e. The first-order valence-electron chi connectivity index (χ1n) is 6.16. The Labute approximate surface area is 121 Å². The Morgan fingerprint density at radius 1 is 1.25 bits per heavy atom. The van der Waals surface area contributed by atoms with Crippen LogP contribution in [-0.4, -0.2) is 12.5 Å². The molecule has 0 spiro atoms. The Balaban J connectivity index is 2.21. The van der Waals surface area contributed by atoms with Gasteiger partial charge in [-0.25, -0.2) is 4.39 Å². The van der Waals surface area contributed by atoms with Crippen LogP contribution in [-0.2, 0) is 6.42 Å². The van der Waals surface area contributed by atoms with Crippen molar-refractivity contribution in [3.63, 3.8) is 0 Å². The lowest BCUT2D eigenvalue weighted by atomic mass is 10.0. The summed E-state index contributed by atoms with van der Waals surface area (Å²) < 4.78 is 13.1. The summed E-state index contributed by atoms with van der Waals surface area (Å²) in [6.45, 7) is 0.465. The maximum Gasteiger partial charge on any atom is 0.255 e. The number of nitrogens with one attached hydrogen (secondary N) is 1. The van der Waals surface area contributed by atoms with Gasteiger partial charge >= 0.3 is 0 Å². The predicted molar refractivity (Wildman–Crippen MR) is 78.6 cm³/mol. The van der Waals surface area contributed by atoms with Crippen LogP contribution < -0.4 is 11.1 Å². The van der Waals surface area contributed by atoms with Crippen molar-refractivity contribution in [3.8, 4) is 0 Å². The van der Waals surface area contributed by atoms with Gasteiger partial charge < -0.3 is 11.1 Å². The molecular weight excluding hydrogens is 279 g/mol. The van der Waals surface area contributed by atoms with Crippen LogP contribution in [0.5, 0.6) is 0 Å². The molecular formula is C15H14ClFN2O. The highest BCUT2D eigenvalue weighted by Gasteiger charge is 2.11. The number of anilines is 1. The van der Waals surface area contributed by atoms with E-state index in [1.807, 2.05) is 12.1 Å². The molecule has 0 bridgehead atoms. The zero-order valence-electron chi connectivity index (χ0n) is 10.7. The molecule has 2 aromatic carbocycles. The van der Waals surface area contributed by atoms with Crippen LogP contribution in [0.2, 0.25) is 5.02 Å². The number of halogens is 2. The summed E-state index contributed by atoms with van der Waals surface area (Å²) in [6.07, 6.45) is 0.619. The maximum absolute atomic E-state index is 13.1. The van der Waals surface area contributed by atoms with E-state index in [1.54, 1.807) is 12.1 Å². The zero-order chi connectivity index (χ0) is 14.5. The number of amides is 1. The topological polar surface area (TPSA) is 55.1 Å². The van der Waals surface area contributed by atoms with Crippen LogP contribution >= 0.6 is 11.6 Å². The first kappa shape index (κ1) is 14.5. The van der Waals surface area contributed by atoms with Gasteiger partial charge in [-0.1, -0.05) is 29.8 Å². The third-order valence-electron chi connectivity index (χ3n) is 2.85. The number of benzene rings is 2. The standard InChI is InChI=1S/C15H14ClFN2O/c16-13-9-11(5-6-14(13)17)19-15(20)12-4-2-1-3-10(12)7-8-18/h1-6,9H,7-8,18H2,(H,19,20). The summed E-state index contributed by atoms with van der Waals surface area (Å²) >= 11 is 5.68. The second-order valence-electron chi connectivity index (χ2n) is 4.28. The van der Waals surface area contributed by atoms with Crippen molar-refractivity contribution >= 4 is 23.2 Å². The molecule has 104 valence electrons. The number of hydrogen-bond acceptors (Lipinski definition) is 2. The summed E-state index contributed by atoms with van der Waals surface area (Å²) in [4.78, 5) is 12.2. The highest BCUT2D eigenvalue weighted by Crippen LogP contribution is 2.20. The molecule has 20 heavy (non-hydrogen) atoms. The molecule has 2 aromatic rings. The molecule has 1 amide bonds. The van der Waals surface area contributed by atoms with Gasteiger partial charge in [0.2, 0.25) is 0 Å². The van der Waals surface area contributed by atoms with E-state index in [9.17, 15) is 9.18 Å². The average molecular weight is 293 g/mol. The predicted octanol–water partition coefficient (Wildman–Crippen LogP) is 3.23. The molecule has 0 radical (unpaired) electrons. The Kier molecular flexibility index (Phi) is 4.71. The summed E-state index contributed by atoms with van der Waals surface area (Å²) in [5, 5.41) is 2.66. The minimum absolute atomic E-state index is 0.0296. The molecule has 3 N–H and O–H groups in total. The van der Waals surface area contributed by atoms with E-state index in [0.717, 1.165) is 5.56 Å². The summed E-state index contributed by atoms with van der Waals surface area (Å²) in [5.74, 6) is -0.787. The van der Waals surface area contributed by atoms with Gasteiger partial charge in [0.25, 0.3) is 5.91 Å². The molecule has 0 fully saturated rings. The molecule has 0 aliphatic rings. The van der Waals surface area contributed by atoms with Crippen LogP contribution in [0.4, 0.5) is 10.1 Å². The van der Waals surface area contributed by atoms with Gasteiger partial charge in [0.15, 0.2) is 0 Å². The molecule has 0 saturated heterocycles. The lowest BCUT2D eigenvalue weighted by Crippen LogP contribution is -2.16. The second kappa shape index (κ2) is 6.50. The largest absolute Gasteiger partial charge is 0.330 e. The van der Waals surface area contributed by atoms with Gasteiger partial charge in [-0.3, -0.25) is 4.79 Å². The normalized spacial score (nSPS) is 10.3. The fourth-order valence-corrected chi connectivity index (χ4v) is 2.07. The van der Waals surface area contributed by atoms with Gasteiger partial charge in [-0.2, -0.15) is 0 Å². The van der Waals surface area contributed by atoms with Crippen LogP contribution in [0.25, 0.3) is 0 Å². The smallest absolute Gasteiger partial charge is 0.255 e. The van der Waals surface area contributed by atoms with Crippen molar-refractivity contribution in [3.05, 3.63) is 64.4 Å². The molecule has 0 aromatic heterocycles. The highest BCUT2D eigenvalue weighted by molar-refractivity contribution is 6.31. The van der Waals surface area contributed by atoms with Crippen LogP contribution in [0.3, 0.4) is 0 Å². The molecule has 2 rings (SSSR count). The van der Waals surface area contributed by atoms with E-state index in [2.05, 4.69) is 5.32 Å². The lowest BCUT2D eigenvalue weighted by molar-refractivity contribution is 0.102. The Hall–Kier alpha value is -1.91. The minimum atomic E-state index is -0.520. The van der Waals surface area contributed by atoms with E-state index in [0.29, 0.717) is 24.2 Å². The van der Waals surface area contributed by atoms with E-state index in [1.165, 1.54) is 18.2 Å². The van der Waals surface area contributed by atoms with Crippen LogP contribution in [0.15, 0.2) is 42.5 Å². The summed E-state index contributed by atoms with van der Waals surface area (Å²) in [5.41, 5.74) is 7.41. The maximum atomic E-state index is 13.1. The average Bonchev–Trinajstić information content (AvgIpc) is 2.44. The molecule has 0 atom stereocenters. The van der Waals surface area contributed by atoms with Gasteiger partial charge in [0, 0.05) is 11.3 Å². The SMILES string of the molecule is NCCc1ccccc1C(=O)Nc1ccc(F)c(Cl)c1. The molecule has 0 unspecified atom stereocenters. The second-order valence-corrected chi connectivity index (χ2v) is 4.69. The number of rotatable bonds is 4. The van der Waals surface area contributed by atoms with E-state index < -0.39 is 5.82 Å². The molecule has 0 aliphatic carbocycles. The molecule has 0 heterocycles. The van der Waals surface area contributed by atoms with E-state index in [4.69, 9.17) is 17.3 Å². The number of carbonyl (C=O) groups excluding carboxylic acids is 1. The van der Waals surface area contributed by atoms with Crippen molar-refractivity contribution in [2.45, 2.75) is 6.42 Å². The van der Waals surface area contributed by atoms with Crippen molar-refractivity contribution in [1.29, 1.82) is 0 Å². The Morgan fingerprint density at radius 3 is 2.70 bits per heavy atom. The third-order valence-corrected chi connectivity index (χ3v) is 3.14. The Bertz CT molecular complexity index is 631. The van der Waals surface area contributed by atoms with E-state index in [-0.39, 0.29) is 10.9 Å². The first-order chi connectivity index (χ1) is 9.61. The third kappa shape index (κ3) is 3.35. The first-order valence-corrected chi connectivity index (χ1v) is 6.54. The fraction of sp³-hybridized carbons (Fsp3) is 0.133. The molecule has 0 aliphatic heterocycles. The van der Waals surface area contributed by atoms with Gasteiger partial charge in [-0.05, 0) is 42.8 Å². The van der Waals surface area contributed by atoms with Crippen LogP contribution in [0, 0.1) is 5.82 Å². The fourth-order valence-electron chi connectivity index (χ4n) is 1.89. The molecule has 0 saturated carbocycles. The highest BCUT2D eigenvalue weighted by atomic mass is 35.5. The molecule has 3 nitrogen and oxygen atoms in total. The number of nitrogens with two attached hydrogens (primary N) is 1. The van der Waals surface area contributed by atoms with Crippen molar-refractivity contribution in [2.75, 3.05) is 11.9 Å². The van der Waals surface area contributed by atoms with Gasteiger partial charge in [-0.15, -0.1) is 0 Å². The van der Waals surface area contributed by atoms with Gasteiger partial charge in [0.1, 0.15) is 5.82 Å². The van der Waals surface area contributed by atoms with Crippen LogP contribution in [0.1, 0.15) is 15.9 Å². The molecule has 5 heteroatoms. The van der Waals surface area contributed by atoms with Crippen molar-refractivity contribution < 1.29 is 9.18 Å². The van der Waals surface area contributed by atoms with Crippen molar-refractivity contribution in [2.24, 2.45) is 5.73 Å². The van der Waals surface area contributed by atoms with E-state index >= 15 is 0 Å². The van der Waals surface area contributed by atoms with Crippen molar-refractivity contribution in [1.82, 2.24) is 0 Å². The summed E-state index contributed by atoms with van der Waals surface area (Å²) in [7, 11) is 0. The monoisotopic (exact) mass is 292 g/mol. The summed E-state index contributed by atoms with van der Waals surface area (Å²) in [6, 6.07) is 11.3.